The van der Waals surface area contributed by atoms with Crippen LogP contribution in [-0.4, -0.2) is 34.8 Å². The lowest BCUT2D eigenvalue weighted by atomic mass is 9.99. The van der Waals surface area contributed by atoms with Crippen LogP contribution in [0.25, 0.3) is 0 Å². The highest BCUT2D eigenvalue weighted by molar-refractivity contribution is 5.79. The minimum absolute atomic E-state index is 0.0291. The molecule has 0 saturated heterocycles. The largest absolute Gasteiger partial charge is 0.504 e. The quantitative estimate of drug-likeness (QED) is 0.507. The van der Waals surface area contributed by atoms with Gasteiger partial charge in [0.2, 0.25) is 0 Å². The minimum atomic E-state index is -1.68. The Labute approximate surface area is 97.3 Å². The van der Waals surface area contributed by atoms with Gasteiger partial charge in [-0.3, -0.25) is 4.79 Å². The zero-order valence-corrected chi connectivity index (χ0v) is 8.99. The number of hydrogen-bond donors (Lipinski definition) is 3. The molecule has 0 aliphatic carbocycles. The van der Waals surface area contributed by atoms with Crippen molar-refractivity contribution in [2.45, 2.75) is 12.2 Å². The smallest absolute Gasteiger partial charge is 0.170 e. The number of nitriles is 1. The number of methoxy groups -OCH3 is 1. The highest BCUT2D eigenvalue weighted by Gasteiger charge is 2.22. The molecule has 1 rings (SSSR count). The Kier molecular flexibility index (Phi) is 4.04. The lowest BCUT2D eigenvalue weighted by Crippen LogP contribution is -2.17. The molecular formula is C11H11NO5. The fourth-order valence-electron chi connectivity index (χ4n) is 1.36. The normalized spacial score (nSPS) is 13.5. The first-order chi connectivity index (χ1) is 8.04. The van der Waals surface area contributed by atoms with Gasteiger partial charge in [0.25, 0.3) is 0 Å². The number of carbonyl (C=O) groups excluding carboxylic acids is 1. The van der Waals surface area contributed by atoms with Crippen molar-refractivity contribution < 1.29 is 24.9 Å². The summed E-state index contributed by atoms with van der Waals surface area (Å²) in [6, 6.07) is 3.73. The van der Waals surface area contributed by atoms with Gasteiger partial charge in [0.1, 0.15) is 6.10 Å². The maximum Gasteiger partial charge on any atom is 0.170 e. The number of phenolic OH excluding ortho intramolecular Hbond substituents is 1. The SMILES string of the molecule is COc1cc(C=O)c(C(O)C(O)C#N)cc1O. The van der Waals surface area contributed by atoms with Crippen molar-refractivity contribution in [1.29, 1.82) is 5.26 Å². The molecule has 0 spiro atoms. The highest BCUT2D eigenvalue weighted by Crippen LogP contribution is 2.32. The van der Waals surface area contributed by atoms with E-state index in [4.69, 9.17) is 10.00 Å². The Balaban J connectivity index is 3.29. The average Bonchev–Trinajstić information content (AvgIpc) is 2.36. The molecule has 0 aliphatic heterocycles. The molecule has 0 heterocycles. The van der Waals surface area contributed by atoms with Crippen molar-refractivity contribution in [2.24, 2.45) is 0 Å². The Morgan fingerprint density at radius 3 is 2.59 bits per heavy atom. The molecule has 0 aromatic heterocycles. The number of carbonyl (C=O) groups is 1. The lowest BCUT2D eigenvalue weighted by Gasteiger charge is -2.15. The van der Waals surface area contributed by atoms with Crippen LogP contribution >= 0.6 is 0 Å². The molecule has 3 N–H and O–H groups in total. The van der Waals surface area contributed by atoms with E-state index in [9.17, 15) is 20.1 Å². The van der Waals surface area contributed by atoms with Gasteiger partial charge in [0.05, 0.1) is 13.2 Å². The standard InChI is InChI=1S/C11H11NO5/c1-17-10-2-6(5-13)7(3-8(10)14)11(16)9(15)4-12/h2-3,5,9,11,14-16H,1H3. The van der Waals surface area contributed by atoms with Gasteiger partial charge in [-0.25, -0.2) is 0 Å². The fraction of sp³-hybridized carbons (Fsp3) is 0.273. The molecule has 1 aromatic carbocycles. The van der Waals surface area contributed by atoms with Crippen LogP contribution in [0.4, 0.5) is 0 Å². The molecular weight excluding hydrogens is 226 g/mol. The summed E-state index contributed by atoms with van der Waals surface area (Å²) >= 11 is 0. The summed E-state index contributed by atoms with van der Waals surface area (Å²) in [4.78, 5) is 10.8. The van der Waals surface area contributed by atoms with E-state index >= 15 is 0 Å². The number of aliphatic hydroxyl groups excluding tert-OH is 2. The average molecular weight is 237 g/mol. The molecule has 6 heteroatoms. The third kappa shape index (κ3) is 2.53. The molecule has 17 heavy (non-hydrogen) atoms. The van der Waals surface area contributed by atoms with Crippen LogP contribution in [0.5, 0.6) is 11.5 Å². The van der Waals surface area contributed by atoms with E-state index in [1.165, 1.54) is 19.2 Å². The number of aromatic hydroxyl groups is 1. The molecule has 2 atom stereocenters. The van der Waals surface area contributed by atoms with Gasteiger partial charge < -0.3 is 20.1 Å². The maximum absolute atomic E-state index is 10.8. The molecule has 90 valence electrons. The number of nitrogens with zero attached hydrogens (tertiary/aromatic N) is 1. The summed E-state index contributed by atoms with van der Waals surface area (Å²) in [6.45, 7) is 0. The van der Waals surface area contributed by atoms with Gasteiger partial charge in [-0.1, -0.05) is 0 Å². The second-order valence-electron chi connectivity index (χ2n) is 3.29. The maximum atomic E-state index is 10.8. The predicted molar refractivity (Wildman–Crippen MR) is 56.6 cm³/mol. The van der Waals surface area contributed by atoms with Crippen LogP contribution < -0.4 is 4.74 Å². The van der Waals surface area contributed by atoms with Crippen molar-refractivity contribution in [3.05, 3.63) is 23.3 Å². The van der Waals surface area contributed by atoms with E-state index in [1.54, 1.807) is 0 Å². The van der Waals surface area contributed by atoms with Gasteiger partial charge in [-0.05, 0) is 17.7 Å². The first-order valence-electron chi connectivity index (χ1n) is 4.67. The van der Waals surface area contributed by atoms with Crippen LogP contribution in [0.3, 0.4) is 0 Å². The zero-order chi connectivity index (χ0) is 13.0. The van der Waals surface area contributed by atoms with Gasteiger partial charge in [0.15, 0.2) is 23.9 Å². The van der Waals surface area contributed by atoms with Crippen molar-refractivity contribution in [3.8, 4) is 17.6 Å². The van der Waals surface area contributed by atoms with Crippen LogP contribution in [0, 0.1) is 11.3 Å². The fourth-order valence-corrected chi connectivity index (χ4v) is 1.36. The van der Waals surface area contributed by atoms with Gasteiger partial charge in [-0.15, -0.1) is 0 Å². The van der Waals surface area contributed by atoms with E-state index in [0.717, 1.165) is 6.07 Å². The summed E-state index contributed by atoms with van der Waals surface area (Å²) in [5.74, 6) is -0.230. The minimum Gasteiger partial charge on any atom is -0.504 e. The van der Waals surface area contributed by atoms with E-state index in [1.807, 2.05) is 0 Å². The second kappa shape index (κ2) is 5.30. The Hall–Kier alpha value is -2.10. The van der Waals surface area contributed by atoms with Gasteiger partial charge in [0, 0.05) is 5.56 Å². The molecule has 2 unspecified atom stereocenters. The lowest BCUT2D eigenvalue weighted by molar-refractivity contribution is 0.0520. The number of hydrogen-bond acceptors (Lipinski definition) is 6. The first kappa shape index (κ1) is 13.0. The number of ether oxygens (including phenoxy) is 1. The molecule has 0 saturated carbocycles. The summed E-state index contributed by atoms with van der Waals surface area (Å²) in [6.07, 6.45) is -2.82. The van der Waals surface area contributed by atoms with Crippen molar-refractivity contribution in [2.75, 3.05) is 7.11 Å². The molecule has 0 bridgehead atoms. The number of aldehydes is 1. The second-order valence-corrected chi connectivity index (χ2v) is 3.29. The van der Waals surface area contributed by atoms with Crippen LogP contribution in [0.15, 0.2) is 12.1 Å². The zero-order valence-electron chi connectivity index (χ0n) is 8.99. The van der Waals surface area contributed by atoms with Crippen LogP contribution in [0.1, 0.15) is 22.0 Å². The molecule has 0 radical (unpaired) electrons. The molecule has 0 aliphatic rings. The molecule has 1 aromatic rings. The summed E-state index contributed by atoms with van der Waals surface area (Å²) in [5.41, 5.74) is -0.00574. The first-order valence-corrected chi connectivity index (χ1v) is 4.67. The number of benzene rings is 1. The Morgan fingerprint density at radius 2 is 2.12 bits per heavy atom. The Morgan fingerprint density at radius 1 is 1.47 bits per heavy atom. The van der Waals surface area contributed by atoms with Crippen molar-refractivity contribution in [3.63, 3.8) is 0 Å². The van der Waals surface area contributed by atoms with E-state index in [2.05, 4.69) is 0 Å². The highest BCUT2D eigenvalue weighted by atomic mass is 16.5. The third-order valence-electron chi connectivity index (χ3n) is 2.26. The number of phenols is 1. The molecule has 6 nitrogen and oxygen atoms in total. The van der Waals surface area contributed by atoms with Crippen molar-refractivity contribution in [1.82, 2.24) is 0 Å². The monoisotopic (exact) mass is 237 g/mol. The summed E-state index contributed by atoms with van der Waals surface area (Å²) in [7, 11) is 1.31. The van der Waals surface area contributed by atoms with E-state index in [0.29, 0.717) is 6.29 Å². The van der Waals surface area contributed by atoms with E-state index < -0.39 is 12.2 Å². The molecule has 0 amide bonds. The molecule has 0 fully saturated rings. The third-order valence-corrected chi connectivity index (χ3v) is 2.26. The summed E-state index contributed by atoms with van der Waals surface area (Å²) in [5, 5.41) is 36.7. The van der Waals surface area contributed by atoms with Gasteiger partial charge in [-0.2, -0.15) is 5.26 Å². The van der Waals surface area contributed by atoms with Crippen LogP contribution in [-0.2, 0) is 0 Å². The number of aliphatic hydroxyl groups is 2. The van der Waals surface area contributed by atoms with Crippen LogP contribution in [0.2, 0.25) is 0 Å². The van der Waals surface area contributed by atoms with Gasteiger partial charge >= 0.3 is 0 Å². The van der Waals surface area contributed by atoms with Crippen molar-refractivity contribution >= 4 is 6.29 Å². The summed E-state index contributed by atoms with van der Waals surface area (Å²) < 4.78 is 4.79. The number of rotatable bonds is 4. The predicted octanol–water partition coefficient (Wildman–Crippen LogP) is 0.131. The topological polar surface area (TPSA) is 111 Å². The van der Waals surface area contributed by atoms with E-state index in [-0.39, 0.29) is 22.6 Å². The Bertz CT molecular complexity index is 466.